The Morgan fingerprint density at radius 1 is 1.33 bits per heavy atom. The predicted octanol–water partition coefficient (Wildman–Crippen LogP) is 4.81. The smallest absolute Gasteiger partial charge is 0.0449 e. The summed E-state index contributed by atoms with van der Waals surface area (Å²) in [5.41, 5.74) is 1.29. The van der Waals surface area contributed by atoms with Crippen LogP contribution in [-0.2, 0) is 6.42 Å². The van der Waals surface area contributed by atoms with E-state index in [0.717, 1.165) is 21.8 Å². The maximum absolute atomic E-state index is 6.31. The Morgan fingerprint density at radius 2 is 2.11 bits per heavy atom. The highest BCUT2D eigenvalue weighted by Gasteiger charge is 2.20. The Balaban J connectivity index is 2.02. The fourth-order valence-corrected chi connectivity index (χ4v) is 3.66. The highest BCUT2D eigenvalue weighted by molar-refractivity contribution is 9.10. The maximum Gasteiger partial charge on any atom is 0.0449 e. The normalized spacial score (nSPS) is 24.8. The fraction of sp³-hybridized carbons (Fsp3) is 0.600. The minimum absolute atomic E-state index is 0.687. The Labute approximate surface area is 123 Å². The molecular weight excluding hydrogens is 310 g/mol. The van der Waals surface area contributed by atoms with Crippen molar-refractivity contribution in [2.75, 3.05) is 7.05 Å². The van der Waals surface area contributed by atoms with Gasteiger partial charge in [-0.25, -0.2) is 0 Å². The molecule has 1 aromatic carbocycles. The van der Waals surface area contributed by atoms with Gasteiger partial charge in [-0.05, 0) is 49.9 Å². The molecule has 0 saturated heterocycles. The van der Waals surface area contributed by atoms with Crippen molar-refractivity contribution in [2.45, 2.75) is 44.6 Å². The third kappa shape index (κ3) is 3.97. The first-order valence-corrected chi connectivity index (χ1v) is 7.97. The zero-order valence-electron chi connectivity index (χ0n) is 10.9. The van der Waals surface area contributed by atoms with Crippen molar-refractivity contribution in [3.05, 3.63) is 33.3 Å². The van der Waals surface area contributed by atoms with E-state index in [1.165, 1.54) is 37.7 Å². The molecule has 3 heteroatoms. The summed E-state index contributed by atoms with van der Waals surface area (Å²) in [4.78, 5) is 0. The molecule has 2 unspecified atom stereocenters. The molecule has 1 aliphatic rings. The van der Waals surface area contributed by atoms with Gasteiger partial charge in [0.1, 0.15) is 0 Å². The van der Waals surface area contributed by atoms with Crippen LogP contribution in [0.3, 0.4) is 0 Å². The van der Waals surface area contributed by atoms with Gasteiger partial charge in [0.2, 0.25) is 0 Å². The van der Waals surface area contributed by atoms with Crippen LogP contribution in [0, 0.1) is 5.92 Å². The van der Waals surface area contributed by atoms with Gasteiger partial charge >= 0.3 is 0 Å². The zero-order chi connectivity index (χ0) is 13.0. The van der Waals surface area contributed by atoms with Gasteiger partial charge in [0.25, 0.3) is 0 Å². The lowest BCUT2D eigenvalue weighted by Gasteiger charge is -2.20. The first kappa shape index (κ1) is 14.4. The average molecular weight is 331 g/mol. The summed E-state index contributed by atoms with van der Waals surface area (Å²) in [6, 6.07) is 6.94. The molecule has 0 amide bonds. The second-order valence-corrected chi connectivity index (χ2v) is 6.63. The number of hydrogen-bond acceptors (Lipinski definition) is 1. The van der Waals surface area contributed by atoms with E-state index < -0.39 is 0 Å². The fourth-order valence-electron chi connectivity index (χ4n) is 2.91. The maximum atomic E-state index is 6.31. The van der Waals surface area contributed by atoms with E-state index in [0.29, 0.717) is 6.04 Å². The summed E-state index contributed by atoms with van der Waals surface area (Å²) in [7, 11) is 2.08. The summed E-state index contributed by atoms with van der Waals surface area (Å²) >= 11 is 9.77. The molecule has 1 aromatic rings. The summed E-state index contributed by atoms with van der Waals surface area (Å²) in [6.45, 7) is 0. The van der Waals surface area contributed by atoms with E-state index in [9.17, 15) is 0 Å². The van der Waals surface area contributed by atoms with Crippen molar-refractivity contribution < 1.29 is 0 Å². The van der Waals surface area contributed by atoms with Crippen LogP contribution >= 0.6 is 27.5 Å². The first-order chi connectivity index (χ1) is 8.69. The van der Waals surface area contributed by atoms with E-state index in [-0.39, 0.29) is 0 Å². The molecule has 1 fully saturated rings. The van der Waals surface area contributed by atoms with E-state index >= 15 is 0 Å². The van der Waals surface area contributed by atoms with Crippen molar-refractivity contribution in [1.29, 1.82) is 0 Å². The monoisotopic (exact) mass is 329 g/mol. The van der Waals surface area contributed by atoms with Crippen LogP contribution in [0.4, 0.5) is 0 Å². The van der Waals surface area contributed by atoms with E-state index in [1.807, 2.05) is 6.07 Å². The largest absolute Gasteiger partial charge is 0.317 e. The minimum atomic E-state index is 0.687. The van der Waals surface area contributed by atoms with Crippen molar-refractivity contribution in [3.63, 3.8) is 0 Å². The highest BCUT2D eigenvalue weighted by atomic mass is 79.9. The standard InChI is InChI=1S/C15H21BrClN/c1-18-14-5-3-2-4-11(9-14)8-12-6-7-13(16)10-15(12)17/h6-7,10-11,14,18H,2-5,8-9H2,1H3. The topological polar surface area (TPSA) is 12.0 Å². The van der Waals surface area contributed by atoms with Gasteiger partial charge in [-0.15, -0.1) is 0 Å². The lowest BCUT2D eigenvalue weighted by Crippen LogP contribution is -2.26. The SMILES string of the molecule is CNC1CCCCC(Cc2ccc(Br)cc2Cl)C1. The van der Waals surface area contributed by atoms with Crippen LogP contribution in [0.2, 0.25) is 5.02 Å². The average Bonchev–Trinajstić information content (AvgIpc) is 2.58. The first-order valence-electron chi connectivity index (χ1n) is 6.80. The molecular formula is C15H21BrClN. The lowest BCUT2D eigenvalue weighted by molar-refractivity contribution is 0.400. The quantitative estimate of drug-likeness (QED) is 0.784. The molecule has 1 N–H and O–H groups in total. The molecule has 0 heterocycles. The molecule has 0 aliphatic heterocycles. The van der Waals surface area contributed by atoms with Gasteiger partial charge in [0, 0.05) is 15.5 Å². The predicted molar refractivity (Wildman–Crippen MR) is 82.3 cm³/mol. The second kappa shape index (κ2) is 6.93. The van der Waals surface area contributed by atoms with Crippen molar-refractivity contribution >= 4 is 27.5 Å². The third-order valence-electron chi connectivity index (χ3n) is 3.96. The van der Waals surface area contributed by atoms with Gasteiger partial charge in [-0.2, -0.15) is 0 Å². The molecule has 2 rings (SSSR count). The van der Waals surface area contributed by atoms with Crippen molar-refractivity contribution in [2.24, 2.45) is 5.92 Å². The van der Waals surface area contributed by atoms with Crippen LogP contribution in [0.1, 0.15) is 37.7 Å². The van der Waals surface area contributed by atoms with Crippen molar-refractivity contribution in [1.82, 2.24) is 5.32 Å². The molecule has 0 spiro atoms. The van der Waals surface area contributed by atoms with E-state index in [4.69, 9.17) is 11.6 Å². The summed E-state index contributed by atoms with van der Waals surface area (Å²) in [5.74, 6) is 0.767. The van der Waals surface area contributed by atoms with Crippen molar-refractivity contribution in [3.8, 4) is 0 Å². The minimum Gasteiger partial charge on any atom is -0.317 e. The molecule has 0 radical (unpaired) electrons. The Kier molecular flexibility index (Phi) is 5.53. The van der Waals surface area contributed by atoms with Gasteiger partial charge in [0.05, 0.1) is 0 Å². The van der Waals surface area contributed by atoms with Crippen LogP contribution in [0.5, 0.6) is 0 Å². The zero-order valence-corrected chi connectivity index (χ0v) is 13.2. The van der Waals surface area contributed by atoms with Crippen LogP contribution in [0.25, 0.3) is 0 Å². The molecule has 0 bridgehead atoms. The molecule has 2 atom stereocenters. The lowest BCUT2D eigenvalue weighted by atomic mass is 9.91. The van der Waals surface area contributed by atoms with Crippen LogP contribution in [-0.4, -0.2) is 13.1 Å². The van der Waals surface area contributed by atoms with Gasteiger partial charge in [0.15, 0.2) is 0 Å². The highest BCUT2D eigenvalue weighted by Crippen LogP contribution is 2.30. The summed E-state index contributed by atoms with van der Waals surface area (Å²) in [6.07, 6.45) is 7.77. The molecule has 100 valence electrons. The Morgan fingerprint density at radius 3 is 2.83 bits per heavy atom. The molecule has 0 aromatic heterocycles. The Hall–Kier alpha value is -0.0500. The summed E-state index contributed by atoms with van der Waals surface area (Å²) < 4.78 is 1.06. The van der Waals surface area contributed by atoms with Gasteiger partial charge in [-0.1, -0.05) is 52.9 Å². The molecule has 1 nitrogen and oxygen atoms in total. The number of rotatable bonds is 3. The summed E-state index contributed by atoms with van der Waals surface area (Å²) in [5, 5.41) is 4.34. The molecule has 1 saturated carbocycles. The number of nitrogens with one attached hydrogen (secondary N) is 1. The molecule has 1 aliphatic carbocycles. The van der Waals surface area contributed by atoms with Gasteiger partial charge in [-0.3, -0.25) is 0 Å². The van der Waals surface area contributed by atoms with Gasteiger partial charge < -0.3 is 5.32 Å². The van der Waals surface area contributed by atoms with E-state index in [1.54, 1.807) is 0 Å². The number of hydrogen-bond donors (Lipinski definition) is 1. The Bertz CT molecular complexity index is 394. The third-order valence-corrected chi connectivity index (χ3v) is 4.81. The van der Waals surface area contributed by atoms with Crippen LogP contribution < -0.4 is 5.32 Å². The number of benzene rings is 1. The second-order valence-electron chi connectivity index (χ2n) is 5.31. The van der Waals surface area contributed by atoms with E-state index in [2.05, 4.69) is 40.4 Å². The van der Waals surface area contributed by atoms with Crippen LogP contribution in [0.15, 0.2) is 22.7 Å². The molecule has 18 heavy (non-hydrogen) atoms. The number of halogens is 2.